The summed E-state index contributed by atoms with van der Waals surface area (Å²) in [5, 5.41) is 13.0. The first-order chi connectivity index (χ1) is 9.02. The average molecular weight is 332 g/mol. The first kappa shape index (κ1) is 16.3. The van der Waals surface area contributed by atoms with Gasteiger partial charge in [-0.1, -0.05) is 29.8 Å². The Morgan fingerprint density at radius 3 is 2.68 bits per heavy atom. The summed E-state index contributed by atoms with van der Waals surface area (Å²) in [6.45, 7) is 5.58. The summed E-state index contributed by atoms with van der Waals surface area (Å²) in [5.41, 5.74) is 0.847. The Hall–Kier alpha value is -0.780. The van der Waals surface area contributed by atoms with E-state index in [1.807, 2.05) is 18.2 Å². The van der Waals surface area contributed by atoms with Crippen molar-refractivity contribution in [3.05, 3.63) is 22.7 Å². The van der Waals surface area contributed by atoms with E-state index in [2.05, 4.69) is 35.1 Å². The zero-order valence-electron chi connectivity index (χ0n) is 11.6. The standard InChI is InChI=1S/C14H22BrNO3/c1-10(2)8-19-9-12(17)7-16-13-6-11(15)4-5-14(13)18-3/h4-6,10,12,16-17H,7-9H2,1-3H3. The van der Waals surface area contributed by atoms with Crippen LogP contribution in [0, 0.1) is 5.92 Å². The van der Waals surface area contributed by atoms with Gasteiger partial charge in [0.2, 0.25) is 0 Å². The molecule has 2 N–H and O–H groups in total. The second kappa shape index (κ2) is 8.40. The number of anilines is 1. The van der Waals surface area contributed by atoms with Crippen LogP contribution in [0.1, 0.15) is 13.8 Å². The molecular weight excluding hydrogens is 310 g/mol. The summed E-state index contributed by atoms with van der Waals surface area (Å²) in [4.78, 5) is 0. The van der Waals surface area contributed by atoms with Gasteiger partial charge in [0, 0.05) is 17.6 Å². The fourth-order valence-corrected chi connectivity index (χ4v) is 1.91. The number of methoxy groups -OCH3 is 1. The van der Waals surface area contributed by atoms with Crippen molar-refractivity contribution in [2.45, 2.75) is 20.0 Å². The Balaban J connectivity index is 2.41. The van der Waals surface area contributed by atoms with Crippen molar-refractivity contribution in [1.82, 2.24) is 0 Å². The quantitative estimate of drug-likeness (QED) is 0.769. The number of nitrogens with one attached hydrogen (secondary N) is 1. The molecule has 0 fully saturated rings. The lowest BCUT2D eigenvalue weighted by Gasteiger charge is -2.16. The minimum Gasteiger partial charge on any atom is -0.495 e. The van der Waals surface area contributed by atoms with Gasteiger partial charge in [-0.25, -0.2) is 0 Å². The van der Waals surface area contributed by atoms with Crippen LogP contribution in [-0.2, 0) is 4.74 Å². The van der Waals surface area contributed by atoms with Crippen molar-refractivity contribution < 1.29 is 14.6 Å². The van der Waals surface area contributed by atoms with Gasteiger partial charge in [-0.2, -0.15) is 0 Å². The summed E-state index contributed by atoms with van der Waals surface area (Å²) >= 11 is 3.41. The van der Waals surface area contributed by atoms with Gasteiger partial charge < -0.3 is 19.9 Å². The zero-order valence-corrected chi connectivity index (χ0v) is 13.2. The number of aliphatic hydroxyl groups excluding tert-OH is 1. The van der Waals surface area contributed by atoms with Crippen molar-refractivity contribution in [3.63, 3.8) is 0 Å². The van der Waals surface area contributed by atoms with E-state index in [0.717, 1.165) is 15.9 Å². The summed E-state index contributed by atoms with van der Waals surface area (Å²) in [5.74, 6) is 1.23. The van der Waals surface area contributed by atoms with Gasteiger partial charge in [0.15, 0.2) is 0 Å². The molecule has 0 aromatic heterocycles. The number of rotatable bonds is 8. The number of halogens is 1. The Bertz CT molecular complexity index is 385. The van der Waals surface area contributed by atoms with Gasteiger partial charge in [-0.15, -0.1) is 0 Å². The molecule has 0 bridgehead atoms. The average Bonchev–Trinajstić information content (AvgIpc) is 2.36. The lowest BCUT2D eigenvalue weighted by atomic mass is 10.2. The normalized spacial score (nSPS) is 12.5. The molecule has 1 aromatic carbocycles. The molecule has 0 saturated heterocycles. The van der Waals surface area contributed by atoms with Crippen LogP contribution >= 0.6 is 15.9 Å². The Labute approximate surface area is 123 Å². The molecule has 1 unspecified atom stereocenters. The van der Waals surface area contributed by atoms with E-state index < -0.39 is 6.10 Å². The molecule has 0 aliphatic carbocycles. The maximum Gasteiger partial charge on any atom is 0.142 e. The second-order valence-corrected chi connectivity index (χ2v) is 5.73. The molecule has 108 valence electrons. The van der Waals surface area contributed by atoms with E-state index >= 15 is 0 Å². The molecular formula is C14H22BrNO3. The van der Waals surface area contributed by atoms with E-state index in [1.165, 1.54) is 0 Å². The summed E-state index contributed by atoms with van der Waals surface area (Å²) < 4.78 is 11.6. The Kier molecular flexibility index (Phi) is 7.20. The third-order valence-electron chi connectivity index (χ3n) is 2.45. The molecule has 1 atom stereocenters. The molecule has 0 aliphatic rings. The van der Waals surface area contributed by atoms with Gasteiger partial charge in [0.1, 0.15) is 5.75 Å². The largest absolute Gasteiger partial charge is 0.495 e. The predicted octanol–water partition coefficient (Wildman–Crippen LogP) is 2.90. The SMILES string of the molecule is COc1ccc(Br)cc1NCC(O)COCC(C)C. The van der Waals surface area contributed by atoms with Crippen LogP contribution in [0.15, 0.2) is 22.7 Å². The minimum absolute atomic E-state index is 0.335. The van der Waals surface area contributed by atoms with Crippen molar-refractivity contribution in [2.24, 2.45) is 5.92 Å². The molecule has 19 heavy (non-hydrogen) atoms. The van der Waals surface area contributed by atoms with Crippen molar-refractivity contribution in [2.75, 3.05) is 32.2 Å². The first-order valence-corrected chi connectivity index (χ1v) is 7.15. The molecule has 1 aromatic rings. The third-order valence-corrected chi connectivity index (χ3v) is 2.94. The van der Waals surface area contributed by atoms with Crippen molar-refractivity contribution >= 4 is 21.6 Å². The van der Waals surface area contributed by atoms with Gasteiger partial charge in [-0.3, -0.25) is 0 Å². The van der Waals surface area contributed by atoms with Gasteiger partial charge in [0.25, 0.3) is 0 Å². The van der Waals surface area contributed by atoms with Gasteiger partial charge in [0.05, 0.1) is 25.5 Å². The molecule has 1 rings (SSSR count). The highest BCUT2D eigenvalue weighted by molar-refractivity contribution is 9.10. The Morgan fingerprint density at radius 1 is 1.32 bits per heavy atom. The summed E-state index contributed by atoms with van der Waals surface area (Å²) in [7, 11) is 1.62. The minimum atomic E-state index is -0.539. The van der Waals surface area contributed by atoms with Crippen LogP contribution in [0.2, 0.25) is 0 Å². The van der Waals surface area contributed by atoms with Crippen LogP contribution < -0.4 is 10.1 Å². The van der Waals surface area contributed by atoms with E-state index in [4.69, 9.17) is 9.47 Å². The number of hydrogen-bond donors (Lipinski definition) is 2. The number of aliphatic hydroxyl groups is 1. The number of hydrogen-bond acceptors (Lipinski definition) is 4. The summed E-state index contributed by atoms with van der Waals surface area (Å²) in [6.07, 6.45) is -0.539. The van der Waals surface area contributed by atoms with E-state index in [-0.39, 0.29) is 0 Å². The molecule has 0 heterocycles. The third kappa shape index (κ3) is 6.27. The topological polar surface area (TPSA) is 50.7 Å². The van der Waals surface area contributed by atoms with E-state index in [0.29, 0.717) is 25.7 Å². The number of ether oxygens (including phenoxy) is 2. The molecule has 0 spiro atoms. The molecule has 0 radical (unpaired) electrons. The van der Waals surface area contributed by atoms with Crippen LogP contribution in [-0.4, -0.2) is 38.1 Å². The van der Waals surface area contributed by atoms with Gasteiger partial charge in [-0.05, 0) is 24.1 Å². The Morgan fingerprint density at radius 2 is 2.05 bits per heavy atom. The number of benzene rings is 1. The van der Waals surface area contributed by atoms with Crippen LogP contribution in [0.3, 0.4) is 0 Å². The van der Waals surface area contributed by atoms with Crippen LogP contribution in [0.25, 0.3) is 0 Å². The lowest BCUT2D eigenvalue weighted by Crippen LogP contribution is -2.25. The zero-order chi connectivity index (χ0) is 14.3. The van der Waals surface area contributed by atoms with Crippen LogP contribution in [0.4, 0.5) is 5.69 Å². The fraction of sp³-hybridized carbons (Fsp3) is 0.571. The van der Waals surface area contributed by atoms with Crippen molar-refractivity contribution in [1.29, 1.82) is 0 Å². The summed E-state index contributed by atoms with van der Waals surface area (Å²) in [6, 6.07) is 5.70. The highest BCUT2D eigenvalue weighted by atomic mass is 79.9. The monoisotopic (exact) mass is 331 g/mol. The highest BCUT2D eigenvalue weighted by Gasteiger charge is 2.08. The molecule has 5 heteroatoms. The van der Waals surface area contributed by atoms with Crippen LogP contribution in [0.5, 0.6) is 5.75 Å². The van der Waals surface area contributed by atoms with E-state index in [1.54, 1.807) is 7.11 Å². The highest BCUT2D eigenvalue weighted by Crippen LogP contribution is 2.27. The predicted molar refractivity (Wildman–Crippen MR) is 80.8 cm³/mol. The molecule has 4 nitrogen and oxygen atoms in total. The molecule has 0 amide bonds. The maximum atomic E-state index is 9.82. The smallest absolute Gasteiger partial charge is 0.142 e. The first-order valence-electron chi connectivity index (χ1n) is 6.36. The second-order valence-electron chi connectivity index (χ2n) is 4.81. The molecule has 0 saturated carbocycles. The molecule has 0 aliphatic heterocycles. The van der Waals surface area contributed by atoms with Crippen molar-refractivity contribution in [3.8, 4) is 5.75 Å². The maximum absolute atomic E-state index is 9.82. The lowest BCUT2D eigenvalue weighted by molar-refractivity contribution is 0.0318. The fourth-order valence-electron chi connectivity index (χ4n) is 1.54. The van der Waals surface area contributed by atoms with E-state index in [9.17, 15) is 5.11 Å². The van der Waals surface area contributed by atoms with Gasteiger partial charge >= 0.3 is 0 Å².